The molecule has 20 heavy (non-hydrogen) atoms. The zero-order valence-corrected chi connectivity index (χ0v) is 11.6. The Kier molecular flexibility index (Phi) is 2.73. The van der Waals surface area contributed by atoms with Crippen LogP contribution in [0.1, 0.15) is 32.1 Å². The molecule has 1 aromatic heterocycles. The number of anilines is 1. The summed E-state index contributed by atoms with van der Waals surface area (Å²) in [6, 6.07) is 0.515. The number of rotatable bonds is 4. The summed E-state index contributed by atoms with van der Waals surface area (Å²) >= 11 is 0. The molecular formula is C14H20N4O2. The fraction of sp³-hybridized carbons (Fsp3) is 0.714. The van der Waals surface area contributed by atoms with Crippen LogP contribution in [0.25, 0.3) is 0 Å². The summed E-state index contributed by atoms with van der Waals surface area (Å²) in [4.78, 5) is 12.2. The summed E-state index contributed by atoms with van der Waals surface area (Å²) in [5.41, 5.74) is 0.687. The van der Waals surface area contributed by atoms with Crippen molar-refractivity contribution >= 4 is 11.6 Å². The second kappa shape index (κ2) is 4.48. The molecule has 0 spiro atoms. The minimum atomic E-state index is -0.0597. The highest BCUT2D eigenvalue weighted by atomic mass is 16.5. The first-order valence-corrected chi connectivity index (χ1v) is 7.46. The van der Waals surface area contributed by atoms with Gasteiger partial charge in [0.25, 0.3) is 5.88 Å². The van der Waals surface area contributed by atoms with Crippen molar-refractivity contribution in [3.8, 4) is 5.88 Å². The van der Waals surface area contributed by atoms with Crippen molar-refractivity contribution in [3.05, 3.63) is 6.20 Å². The van der Waals surface area contributed by atoms with Crippen LogP contribution < -0.4 is 15.4 Å². The third-order valence-corrected chi connectivity index (χ3v) is 4.58. The van der Waals surface area contributed by atoms with Crippen molar-refractivity contribution in [2.75, 3.05) is 5.32 Å². The number of carbonyl (C=O) groups excluding carboxylic acids is 1. The number of hydrogen-bond donors (Lipinski definition) is 2. The molecule has 0 radical (unpaired) electrons. The third-order valence-electron chi connectivity index (χ3n) is 4.58. The summed E-state index contributed by atoms with van der Waals surface area (Å²) in [5, 5.41) is 10.6. The molecule has 2 saturated carbocycles. The monoisotopic (exact) mass is 276 g/mol. The van der Waals surface area contributed by atoms with Gasteiger partial charge in [0.2, 0.25) is 5.91 Å². The molecule has 2 N–H and O–H groups in total. The molecule has 3 fully saturated rings. The van der Waals surface area contributed by atoms with Gasteiger partial charge in [0, 0.05) is 13.1 Å². The number of aryl methyl sites for hydroxylation is 1. The summed E-state index contributed by atoms with van der Waals surface area (Å²) < 4.78 is 7.51. The Morgan fingerprint density at radius 2 is 2.35 bits per heavy atom. The van der Waals surface area contributed by atoms with E-state index in [4.69, 9.17) is 4.74 Å². The van der Waals surface area contributed by atoms with Gasteiger partial charge in [0.05, 0.1) is 12.2 Å². The molecule has 6 nitrogen and oxygen atoms in total. The lowest BCUT2D eigenvalue weighted by Gasteiger charge is -2.25. The van der Waals surface area contributed by atoms with Crippen molar-refractivity contribution in [2.45, 2.75) is 50.3 Å². The van der Waals surface area contributed by atoms with Gasteiger partial charge in [-0.25, -0.2) is 0 Å². The van der Waals surface area contributed by atoms with E-state index in [1.165, 1.54) is 12.8 Å². The number of piperidine rings is 1. The Hall–Kier alpha value is -1.56. The smallest absolute Gasteiger partial charge is 0.257 e. The molecule has 2 heterocycles. The SMILES string of the molecule is Cn1cc(NC(=O)[C@@H]2C[C@@H]3C[C@@H]3N2)c(OC2CCC2)n1. The average molecular weight is 276 g/mol. The molecule has 0 unspecified atom stereocenters. The number of aromatic nitrogens is 2. The number of ether oxygens (including phenoxy) is 1. The van der Waals surface area contributed by atoms with Gasteiger partial charge in [0.1, 0.15) is 11.8 Å². The number of nitrogens with zero attached hydrogens (tertiary/aromatic N) is 2. The third kappa shape index (κ3) is 2.18. The highest BCUT2D eigenvalue weighted by Crippen LogP contribution is 2.41. The maximum atomic E-state index is 12.2. The van der Waals surface area contributed by atoms with Crippen molar-refractivity contribution < 1.29 is 9.53 Å². The Morgan fingerprint density at radius 1 is 1.50 bits per heavy atom. The maximum absolute atomic E-state index is 12.2. The average Bonchev–Trinajstić information content (AvgIpc) is 2.81. The molecule has 1 aromatic rings. The molecular weight excluding hydrogens is 256 g/mol. The Balaban J connectivity index is 1.42. The summed E-state index contributed by atoms with van der Waals surface area (Å²) in [5.74, 6) is 1.29. The largest absolute Gasteiger partial charge is 0.472 e. The lowest BCUT2D eigenvalue weighted by Crippen LogP contribution is -2.38. The second-order valence-electron chi connectivity index (χ2n) is 6.24. The van der Waals surface area contributed by atoms with Gasteiger partial charge < -0.3 is 15.4 Å². The van der Waals surface area contributed by atoms with E-state index in [-0.39, 0.29) is 18.1 Å². The van der Waals surface area contributed by atoms with Crippen LogP contribution in [0.2, 0.25) is 0 Å². The molecule has 6 heteroatoms. The molecule has 1 aliphatic heterocycles. The van der Waals surface area contributed by atoms with E-state index in [1.54, 1.807) is 4.68 Å². The Labute approximate surface area is 117 Å². The minimum absolute atomic E-state index is 0.0312. The molecule has 1 saturated heterocycles. The first-order valence-electron chi connectivity index (χ1n) is 7.46. The van der Waals surface area contributed by atoms with Gasteiger partial charge >= 0.3 is 0 Å². The van der Waals surface area contributed by atoms with Crippen LogP contribution in [0.4, 0.5) is 5.69 Å². The molecule has 2 aliphatic carbocycles. The molecule has 0 bridgehead atoms. The standard InChI is InChI=1S/C14H20N4O2/c1-18-7-12(14(17-18)20-9-3-2-4-9)16-13(19)11-6-8-5-10(8)15-11/h7-11,15H,2-6H2,1H3,(H,16,19)/t8-,10-,11-/m0/s1. The van der Waals surface area contributed by atoms with Gasteiger partial charge in [-0.05, 0) is 38.0 Å². The highest BCUT2D eigenvalue weighted by Gasteiger charge is 2.47. The van der Waals surface area contributed by atoms with Gasteiger partial charge in [-0.3, -0.25) is 9.48 Å². The lowest BCUT2D eigenvalue weighted by atomic mass is 9.96. The number of fused-ring (bicyclic) bond motifs is 1. The van der Waals surface area contributed by atoms with E-state index >= 15 is 0 Å². The Morgan fingerprint density at radius 3 is 3.00 bits per heavy atom. The topological polar surface area (TPSA) is 68.2 Å². The zero-order chi connectivity index (χ0) is 13.7. The molecule has 0 aromatic carbocycles. The second-order valence-corrected chi connectivity index (χ2v) is 6.24. The summed E-state index contributed by atoms with van der Waals surface area (Å²) in [6.07, 6.45) is 7.63. The first-order chi connectivity index (χ1) is 9.69. The zero-order valence-electron chi connectivity index (χ0n) is 11.6. The van der Waals surface area contributed by atoms with E-state index in [0.29, 0.717) is 23.5 Å². The molecule has 4 rings (SSSR count). The van der Waals surface area contributed by atoms with Gasteiger partial charge in [-0.1, -0.05) is 0 Å². The van der Waals surface area contributed by atoms with Crippen molar-refractivity contribution in [1.29, 1.82) is 0 Å². The summed E-state index contributed by atoms with van der Waals surface area (Å²) in [6.45, 7) is 0. The lowest BCUT2D eigenvalue weighted by molar-refractivity contribution is -0.118. The fourth-order valence-corrected chi connectivity index (χ4v) is 3.03. The predicted molar refractivity (Wildman–Crippen MR) is 73.5 cm³/mol. The highest BCUT2D eigenvalue weighted by molar-refractivity contribution is 5.96. The van der Waals surface area contributed by atoms with Crippen LogP contribution in [-0.2, 0) is 11.8 Å². The van der Waals surface area contributed by atoms with Crippen LogP contribution in [-0.4, -0.2) is 33.9 Å². The van der Waals surface area contributed by atoms with Crippen molar-refractivity contribution in [1.82, 2.24) is 15.1 Å². The number of carbonyl (C=O) groups is 1. The van der Waals surface area contributed by atoms with Crippen LogP contribution in [0.15, 0.2) is 6.20 Å². The van der Waals surface area contributed by atoms with Crippen LogP contribution in [0, 0.1) is 5.92 Å². The number of amides is 1. The normalized spacial score (nSPS) is 31.6. The van der Waals surface area contributed by atoms with Crippen molar-refractivity contribution in [2.24, 2.45) is 13.0 Å². The molecule has 3 aliphatic rings. The first kappa shape index (κ1) is 12.2. The maximum Gasteiger partial charge on any atom is 0.257 e. The van der Waals surface area contributed by atoms with Gasteiger partial charge in [-0.15, -0.1) is 5.10 Å². The molecule has 3 atom stereocenters. The predicted octanol–water partition coefficient (Wildman–Crippen LogP) is 1.04. The number of hydrogen-bond acceptors (Lipinski definition) is 4. The summed E-state index contributed by atoms with van der Waals surface area (Å²) in [7, 11) is 1.84. The van der Waals surface area contributed by atoms with E-state index < -0.39 is 0 Å². The Bertz CT molecular complexity index is 527. The van der Waals surface area contributed by atoms with Crippen LogP contribution in [0.5, 0.6) is 5.88 Å². The molecule has 1 amide bonds. The fourth-order valence-electron chi connectivity index (χ4n) is 3.03. The minimum Gasteiger partial charge on any atom is -0.472 e. The van der Waals surface area contributed by atoms with E-state index in [0.717, 1.165) is 19.3 Å². The van der Waals surface area contributed by atoms with E-state index in [9.17, 15) is 4.79 Å². The quantitative estimate of drug-likeness (QED) is 0.862. The van der Waals surface area contributed by atoms with Crippen LogP contribution >= 0.6 is 0 Å². The van der Waals surface area contributed by atoms with Gasteiger partial charge in [0.15, 0.2) is 0 Å². The van der Waals surface area contributed by atoms with E-state index in [2.05, 4.69) is 15.7 Å². The van der Waals surface area contributed by atoms with E-state index in [1.807, 2.05) is 13.2 Å². The van der Waals surface area contributed by atoms with Gasteiger partial charge in [-0.2, -0.15) is 0 Å². The van der Waals surface area contributed by atoms with Crippen molar-refractivity contribution in [3.63, 3.8) is 0 Å². The number of nitrogens with one attached hydrogen (secondary N) is 2. The van der Waals surface area contributed by atoms with Crippen LogP contribution in [0.3, 0.4) is 0 Å². The molecule has 108 valence electrons.